The van der Waals surface area contributed by atoms with Gasteiger partial charge in [-0.15, -0.1) is 0 Å². The third-order valence-corrected chi connectivity index (χ3v) is 7.96. The summed E-state index contributed by atoms with van der Waals surface area (Å²) in [7, 11) is -7.62. The van der Waals surface area contributed by atoms with Crippen LogP contribution in [0.2, 0.25) is 0 Å². The highest BCUT2D eigenvalue weighted by atomic mass is 32.2. The minimum Gasteiger partial charge on any atom is -0.219 e. The number of sulfonamides is 1. The minimum atomic E-state index is -3.82. The Morgan fingerprint density at radius 1 is 0.759 bits per heavy atom. The number of hydrogen-bond donors (Lipinski definition) is 1. The molecule has 1 N–H and O–H groups in total. The first-order chi connectivity index (χ1) is 13.8. The van der Waals surface area contributed by atoms with E-state index < -0.39 is 19.9 Å². The van der Waals surface area contributed by atoms with E-state index in [-0.39, 0.29) is 21.2 Å². The van der Waals surface area contributed by atoms with E-state index in [0.29, 0.717) is 12.0 Å². The van der Waals surface area contributed by atoms with Crippen molar-refractivity contribution < 1.29 is 16.8 Å². The van der Waals surface area contributed by atoms with E-state index in [2.05, 4.69) is 4.72 Å². The summed E-state index contributed by atoms with van der Waals surface area (Å²) in [5.74, 6) is 0. The van der Waals surface area contributed by atoms with Crippen molar-refractivity contribution >= 4 is 19.9 Å². The second-order valence-electron chi connectivity index (χ2n) is 6.73. The first kappa shape index (κ1) is 21.2. The molecule has 0 fully saturated rings. The molecule has 0 aromatic heterocycles. The lowest BCUT2D eigenvalue weighted by atomic mass is 10.1. The monoisotopic (exact) mass is 429 g/mol. The van der Waals surface area contributed by atoms with Gasteiger partial charge in [0.05, 0.1) is 14.7 Å². The maximum absolute atomic E-state index is 12.8. The fraction of sp³-hybridized carbons (Fsp3) is 0.182. The fourth-order valence-electron chi connectivity index (χ4n) is 2.99. The Balaban J connectivity index is 1.78. The van der Waals surface area contributed by atoms with Gasteiger partial charge in [0.15, 0.2) is 0 Å². The van der Waals surface area contributed by atoms with E-state index in [4.69, 9.17) is 0 Å². The van der Waals surface area contributed by atoms with Gasteiger partial charge in [0.2, 0.25) is 19.9 Å². The molecule has 0 aliphatic rings. The quantitative estimate of drug-likeness (QED) is 0.553. The molecular formula is C22H23NO4S2. The zero-order valence-corrected chi connectivity index (χ0v) is 17.7. The molecule has 0 atom stereocenters. The van der Waals surface area contributed by atoms with Crippen molar-refractivity contribution in [3.63, 3.8) is 0 Å². The normalized spacial score (nSPS) is 12.0. The second kappa shape index (κ2) is 8.90. The van der Waals surface area contributed by atoms with E-state index >= 15 is 0 Å². The minimum absolute atomic E-state index is 0.0192. The number of sulfone groups is 1. The van der Waals surface area contributed by atoms with Gasteiger partial charge in [-0.1, -0.05) is 54.6 Å². The molecule has 0 aliphatic carbocycles. The molecule has 0 unspecified atom stereocenters. The SMILES string of the molecule is Cc1ccc(S(=O)(=O)c2ccccc2)cc1S(=O)(=O)NCCCc1ccccc1. The van der Waals surface area contributed by atoms with Crippen LogP contribution < -0.4 is 4.72 Å². The van der Waals surface area contributed by atoms with E-state index in [0.717, 1.165) is 12.0 Å². The van der Waals surface area contributed by atoms with Crippen molar-refractivity contribution in [3.05, 3.63) is 90.0 Å². The molecule has 152 valence electrons. The van der Waals surface area contributed by atoms with Crippen molar-refractivity contribution in [2.75, 3.05) is 6.54 Å². The molecule has 3 aromatic rings. The number of rotatable bonds is 8. The maximum atomic E-state index is 12.8. The van der Waals surface area contributed by atoms with Crippen LogP contribution in [-0.2, 0) is 26.3 Å². The Bertz CT molecular complexity index is 1170. The Hall–Kier alpha value is -2.48. The van der Waals surface area contributed by atoms with Gasteiger partial charge in [-0.2, -0.15) is 0 Å². The highest BCUT2D eigenvalue weighted by molar-refractivity contribution is 7.91. The summed E-state index contributed by atoms with van der Waals surface area (Å²) in [4.78, 5) is 0.0659. The average molecular weight is 430 g/mol. The average Bonchev–Trinajstić information content (AvgIpc) is 2.73. The van der Waals surface area contributed by atoms with Crippen molar-refractivity contribution in [2.45, 2.75) is 34.5 Å². The molecule has 0 bridgehead atoms. The summed E-state index contributed by atoms with van der Waals surface area (Å²) in [5.41, 5.74) is 1.63. The van der Waals surface area contributed by atoms with Gasteiger partial charge in [-0.25, -0.2) is 21.6 Å². The van der Waals surface area contributed by atoms with Crippen molar-refractivity contribution in [2.24, 2.45) is 0 Å². The van der Waals surface area contributed by atoms with Gasteiger partial charge >= 0.3 is 0 Å². The molecule has 0 heterocycles. The maximum Gasteiger partial charge on any atom is 0.240 e. The molecule has 0 amide bonds. The largest absolute Gasteiger partial charge is 0.240 e. The summed E-state index contributed by atoms with van der Waals surface area (Å²) in [6, 6.07) is 22.0. The highest BCUT2D eigenvalue weighted by Gasteiger charge is 2.23. The number of benzene rings is 3. The lowest BCUT2D eigenvalue weighted by Gasteiger charge is -2.12. The number of aryl methyl sites for hydroxylation is 2. The van der Waals surface area contributed by atoms with E-state index in [1.807, 2.05) is 30.3 Å². The Labute approximate surface area is 172 Å². The smallest absolute Gasteiger partial charge is 0.219 e. The molecule has 0 saturated carbocycles. The van der Waals surface area contributed by atoms with Crippen LogP contribution in [0.25, 0.3) is 0 Å². The van der Waals surface area contributed by atoms with Gasteiger partial charge in [0.1, 0.15) is 0 Å². The molecule has 0 saturated heterocycles. The molecule has 0 radical (unpaired) electrons. The van der Waals surface area contributed by atoms with Crippen LogP contribution in [-0.4, -0.2) is 23.4 Å². The van der Waals surface area contributed by atoms with Gasteiger partial charge in [-0.3, -0.25) is 0 Å². The van der Waals surface area contributed by atoms with Crippen LogP contribution in [0.15, 0.2) is 93.5 Å². The first-order valence-corrected chi connectivity index (χ1v) is 12.2. The van der Waals surface area contributed by atoms with Crippen LogP contribution in [0.1, 0.15) is 17.5 Å². The van der Waals surface area contributed by atoms with E-state index in [1.54, 1.807) is 25.1 Å². The second-order valence-corrected chi connectivity index (χ2v) is 10.4. The van der Waals surface area contributed by atoms with Crippen molar-refractivity contribution in [3.8, 4) is 0 Å². The summed E-state index contributed by atoms with van der Waals surface area (Å²) in [5, 5.41) is 0. The molecule has 7 heteroatoms. The zero-order chi connectivity index (χ0) is 20.9. The lowest BCUT2D eigenvalue weighted by Crippen LogP contribution is -2.26. The molecule has 0 aliphatic heterocycles. The van der Waals surface area contributed by atoms with Crippen LogP contribution >= 0.6 is 0 Å². The molecule has 3 rings (SSSR count). The molecule has 29 heavy (non-hydrogen) atoms. The topological polar surface area (TPSA) is 80.3 Å². The van der Waals surface area contributed by atoms with Crippen LogP contribution in [0.3, 0.4) is 0 Å². The molecular weight excluding hydrogens is 406 g/mol. The van der Waals surface area contributed by atoms with Crippen molar-refractivity contribution in [1.82, 2.24) is 4.72 Å². The summed E-state index contributed by atoms with van der Waals surface area (Å²) in [6.45, 7) is 1.92. The Kier molecular flexibility index (Phi) is 6.52. The number of hydrogen-bond acceptors (Lipinski definition) is 4. The molecule has 0 spiro atoms. The van der Waals surface area contributed by atoms with E-state index in [9.17, 15) is 16.8 Å². The zero-order valence-electron chi connectivity index (χ0n) is 16.1. The summed E-state index contributed by atoms with van der Waals surface area (Å²) >= 11 is 0. The fourth-order valence-corrected chi connectivity index (χ4v) is 5.72. The Morgan fingerprint density at radius 2 is 1.38 bits per heavy atom. The van der Waals surface area contributed by atoms with Crippen molar-refractivity contribution in [1.29, 1.82) is 0 Å². The van der Waals surface area contributed by atoms with Crippen LogP contribution in [0.5, 0.6) is 0 Å². The van der Waals surface area contributed by atoms with E-state index in [1.165, 1.54) is 30.3 Å². The lowest BCUT2D eigenvalue weighted by molar-refractivity contribution is 0.578. The Morgan fingerprint density at radius 3 is 2.03 bits per heavy atom. The third kappa shape index (κ3) is 5.12. The van der Waals surface area contributed by atoms with Gasteiger partial charge in [-0.05, 0) is 55.2 Å². The van der Waals surface area contributed by atoms with Crippen LogP contribution in [0, 0.1) is 6.92 Å². The number of nitrogens with one attached hydrogen (secondary N) is 1. The standard InChI is InChI=1S/C22H23NO4S2/c1-18-14-15-21(28(24,25)20-12-6-3-7-13-20)17-22(18)29(26,27)23-16-8-11-19-9-4-2-5-10-19/h2-7,9-10,12-15,17,23H,8,11,16H2,1H3. The van der Waals surface area contributed by atoms with Gasteiger partial charge in [0.25, 0.3) is 0 Å². The first-order valence-electron chi connectivity index (χ1n) is 9.25. The van der Waals surface area contributed by atoms with Gasteiger partial charge < -0.3 is 0 Å². The molecule has 5 nitrogen and oxygen atoms in total. The highest BCUT2D eigenvalue weighted by Crippen LogP contribution is 2.25. The predicted octanol–water partition coefficient (Wildman–Crippen LogP) is 3.74. The van der Waals surface area contributed by atoms with Crippen LogP contribution in [0.4, 0.5) is 0 Å². The predicted molar refractivity (Wildman–Crippen MR) is 113 cm³/mol. The summed E-state index contributed by atoms with van der Waals surface area (Å²) < 4.78 is 53.8. The third-order valence-electron chi connectivity index (χ3n) is 4.59. The summed E-state index contributed by atoms with van der Waals surface area (Å²) in [6.07, 6.45) is 1.40. The van der Waals surface area contributed by atoms with Gasteiger partial charge in [0, 0.05) is 6.54 Å². The molecule has 3 aromatic carbocycles.